The minimum atomic E-state index is 0.348. The smallest absolute Gasteiger partial charge is 0.197 e. The van der Waals surface area contributed by atoms with Crippen molar-refractivity contribution >= 4 is 60.7 Å². The predicted molar refractivity (Wildman–Crippen MR) is 300 cm³/mol. The number of aromatic nitrogens is 2. The molecule has 0 unspecified atom stereocenters. The molecule has 2 heterocycles. The van der Waals surface area contributed by atoms with Crippen LogP contribution >= 0.6 is 0 Å². The Morgan fingerprint density at radius 1 is 0.333 bits per heavy atom. The third-order valence-corrected chi connectivity index (χ3v) is 14.2. The summed E-state index contributed by atoms with van der Waals surface area (Å²) >= 11 is 0. The van der Waals surface area contributed by atoms with Gasteiger partial charge in [-0.2, -0.15) is 15.8 Å². The van der Waals surface area contributed by atoms with Crippen molar-refractivity contribution in [1.29, 1.82) is 15.8 Å². The van der Waals surface area contributed by atoms with Crippen LogP contribution in [0.15, 0.2) is 200 Å². The van der Waals surface area contributed by atoms with Crippen molar-refractivity contribution in [2.24, 2.45) is 0 Å². The first kappa shape index (κ1) is 44.9. The minimum Gasteiger partial charge on any atom is -0.308 e. The van der Waals surface area contributed by atoms with Gasteiger partial charge < -0.3 is 9.13 Å². The third kappa shape index (κ3) is 7.33. The van der Waals surface area contributed by atoms with Gasteiger partial charge in [0.05, 0.1) is 88.1 Å². The van der Waals surface area contributed by atoms with E-state index in [-0.39, 0.29) is 0 Å². The minimum absolute atomic E-state index is 0.348. The number of rotatable bonds is 7. The Morgan fingerprint density at radius 3 is 1.12 bits per heavy atom. The fraction of sp³-hybridized carbons (Fsp3) is 0.0149. The summed E-state index contributed by atoms with van der Waals surface area (Å²) in [5.41, 5.74) is 16.5. The molecule has 0 aliphatic heterocycles. The van der Waals surface area contributed by atoms with Crippen LogP contribution in [0.1, 0.15) is 22.3 Å². The molecular weight excluding hydrogens is 917 g/mol. The summed E-state index contributed by atoms with van der Waals surface area (Å²) in [5, 5.41) is 34.7. The maximum absolute atomic E-state index is 10.6. The molecule has 0 saturated heterocycles. The second-order valence-corrected chi connectivity index (χ2v) is 18.3. The van der Waals surface area contributed by atoms with Crippen molar-refractivity contribution in [3.8, 4) is 85.2 Å². The first-order valence-electron chi connectivity index (χ1n) is 24.0. The SMILES string of the molecule is [C-]#[N+]c1ccccc1-c1ccc2c(c1)c1cc(-c3ccccc3C#N)ccc1n2-c1cc([N+]#[C-])c(-c2ccc(C)cc2C#N)cc1-n1c2ccc(-c3ccccc3C#N)cc2c2cc(-c3ccccc3[N+]#[C-])ccc21. The van der Waals surface area contributed by atoms with Crippen LogP contribution in [0, 0.1) is 60.6 Å². The summed E-state index contributed by atoms with van der Waals surface area (Å²) < 4.78 is 4.41. The normalized spacial score (nSPS) is 10.9. The highest BCUT2D eigenvalue weighted by Crippen LogP contribution is 2.47. The van der Waals surface area contributed by atoms with Crippen LogP contribution in [-0.4, -0.2) is 9.13 Å². The molecule has 0 fully saturated rings. The number of fused-ring (bicyclic) bond motifs is 6. The molecule has 75 heavy (non-hydrogen) atoms. The molecule has 12 aromatic rings. The molecule has 0 saturated carbocycles. The Morgan fingerprint density at radius 2 is 0.707 bits per heavy atom. The van der Waals surface area contributed by atoms with Gasteiger partial charge in [-0.15, -0.1) is 0 Å². The average molecular weight is 953 g/mol. The Kier molecular flexibility index (Phi) is 10.9. The second kappa shape index (κ2) is 18.2. The number of hydrogen-bond donors (Lipinski definition) is 0. The zero-order valence-electron chi connectivity index (χ0n) is 40.1. The molecule has 344 valence electrons. The van der Waals surface area contributed by atoms with E-state index in [0.717, 1.165) is 99.4 Å². The Balaban J connectivity index is 1.23. The fourth-order valence-corrected chi connectivity index (χ4v) is 10.7. The summed E-state index contributed by atoms with van der Waals surface area (Å²) in [4.78, 5) is 12.0. The zero-order valence-corrected chi connectivity index (χ0v) is 40.1. The molecule has 0 spiro atoms. The van der Waals surface area contributed by atoms with Crippen LogP contribution in [0.3, 0.4) is 0 Å². The molecular formula is C67H36N8. The molecule has 0 atom stereocenters. The van der Waals surface area contributed by atoms with Crippen molar-refractivity contribution in [2.45, 2.75) is 6.92 Å². The molecule has 8 heteroatoms. The van der Waals surface area contributed by atoms with Gasteiger partial charge >= 0.3 is 0 Å². The van der Waals surface area contributed by atoms with E-state index in [4.69, 9.17) is 19.7 Å². The van der Waals surface area contributed by atoms with E-state index < -0.39 is 0 Å². The van der Waals surface area contributed by atoms with Gasteiger partial charge in [0.25, 0.3) is 0 Å². The van der Waals surface area contributed by atoms with E-state index in [1.165, 1.54) is 0 Å². The van der Waals surface area contributed by atoms with Crippen molar-refractivity contribution in [2.75, 3.05) is 0 Å². The highest BCUT2D eigenvalue weighted by atomic mass is 15.1. The van der Waals surface area contributed by atoms with E-state index in [1.54, 1.807) is 0 Å². The molecule has 0 aliphatic rings. The lowest BCUT2D eigenvalue weighted by Crippen LogP contribution is -2.04. The molecule has 10 aromatic carbocycles. The van der Waals surface area contributed by atoms with E-state index in [0.29, 0.717) is 50.6 Å². The van der Waals surface area contributed by atoms with Crippen LogP contribution < -0.4 is 0 Å². The molecule has 2 aromatic heterocycles. The monoisotopic (exact) mass is 952 g/mol. The first-order chi connectivity index (χ1) is 36.8. The number of nitriles is 3. The lowest BCUT2D eigenvalue weighted by molar-refractivity contribution is 1.10. The number of nitrogens with zero attached hydrogens (tertiary/aromatic N) is 8. The average Bonchev–Trinajstić information content (AvgIpc) is 4.09. The molecule has 0 N–H and O–H groups in total. The maximum atomic E-state index is 10.6. The summed E-state index contributed by atoms with van der Waals surface area (Å²) in [6.07, 6.45) is 0. The molecule has 0 radical (unpaired) electrons. The van der Waals surface area contributed by atoms with Crippen LogP contribution in [0.2, 0.25) is 0 Å². The number of benzene rings is 10. The summed E-state index contributed by atoms with van der Waals surface area (Å²) in [6.45, 7) is 26.8. The van der Waals surface area contributed by atoms with E-state index in [9.17, 15) is 15.8 Å². The van der Waals surface area contributed by atoms with Crippen LogP contribution in [0.25, 0.3) is 125 Å². The Labute approximate surface area is 432 Å². The molecule has 0 amide bonds. The first-order valence-corrected chi connectivity index (χ1v) is 24.0. The highest BCUT2D eigenvalue weighted by molar-refractivity contribution is 6.15. The van der Waals surface area contributed by atoms with E-state index in [1.807, 2.05) is 159 Å². The van der Waals surface area contributed by atoms with Gasteiger partial charge in [-0.05, 0) is 147 Å². The Hall–Kier alpha value is -11.3. The second-order valence-electron chi connectivity index (χ2n) is 18.3. The van der Waals surface area contributed by atoms with Gasteiger partial charge in [0, 0.05) is 21.5 Å². The van der Waals surface area contributed by atoms with Crippen molar-refractivity contribution < 1.29 is 0 Å². The standard InChI is InChI=1S/C67H36N8/c1-41-21-26-51(48(31-41)40-70)54-36-66(74-62-27-22-42(49-15-7-5-13-46(49)38-68)32-55(62)57-34-44(24-29-63(57)74)52-17-9-11-19-59(52)71-2)67(37-61(54)73-4)75-64-28-23-43(50-16-8-6-14-47(50)39-69)33-56(64)58-35-45(25-30-65(58)75)53-18-10-12-20-60(53)72-3/h5-37H,1H3. The Bertz CT molecular complexity index is 4470. The largest absolute Gasteiger partial charge is 0.308 e. The van der Waals surface area contributed by atoms with Crippen molar-refractivity contribution in [3.05, 3.63) is 257 Å². The van der Waals surface area contributed by atoms with Crippen molar-refractivity contribution in [1.82, 2.24) is 9.13 Å². The lowest BCUT2D eigenvalue weighted by Gasteiger charge is -2.20. The zero-order chi connectivity index (χ0) is 51.3. The number of aryl methyl sites for hydroxylation is 1. The quantitative estimate of drug-likeness (QED) is 0.149. The van der Waals surface area contributed by atoms with Gasteiger partial charge in [-0.3, -0.25) is 0 Å². The maximum Gasteiger partial charge on any atom is 0.197 e. The number of para-hydroxylation sites is 2. The molecule has 0 bridgehead atoms. The van der Waals surface area contributed by atoms with Crippen molar-refractivity contribution in [3.63, 3.8) is 0 Å². The third-order valence-electron chi connectivity index (χ3n) is 14.2. The van der Waals surface area contributed by atoms with E-state index >= 15 is 0 Å². The fourth-order valence-electron chi connectivity index (χ4n) is 10.7. The lowest BCUT2D eigenvalue weighted by atomic mass is 9.95. The topological polar surface area (TPSA) is 94.3 Å². The van der Waals surface area contributed by atoms with E-state index in [2.05, 4.69) is 90.4 Å². The highest BCUT2D eigenvalue weighted by Gasteiger charge is 2.25. The summed E-state index contributed by atoms with van der Waals surface area (Å²) in [6, 6.07) is 72.1. The van der Waals surface area contributed by atoms with Gasteiger partial charge in [0.1, 0.15) is 0 Å². The number of hydrogen-bond acceptors (Lipinski definition) is 3. The molecule has 8 nitrogen and oxygen atoms in total. The van der Waals surface area contributed by atoms with Gasteiger partial charge in [0.15, 0.2) is 17.1 Å². The molecule has 12 rings (SSSR count). The van der Waals surface area contributed by atoms with Crippen LogP contribution in [0.5, 0.6) is 0 Å². The molecule has 0 aliphatic carbocycles. The van der Waals surface area contributed by atoms with Crippen LogP contribution in [0.4, 0.5) is 17.1 Å². The summed E-state index contributed by atoms with van der Waals surface area (Å²) in [7, 11) is 0. The van der Waals surface area contributed by atoms with Gasteiger partial charge in [0.2, 0.25) is 0 Å². The van der Waals surface area contributed by atoms with Gasteiger partial charge in [-0.1, -0.05) is 121 Å². The van der Waals surface area contributed by atoms with Gasteiger partial charge in [-0.25, -0.2) is 14.5 Å². The summed E-state index contributed by atoms with van der Waals surface area (Å²) in [5.74, 6) is 0. The predicted octanol–water partition coefficient (Wildman–Crippen LogP) is 17.8. The van der Waals surface area contributed by atoms with Crippen LogP contribution in [-0.2, 0) is 0 Å².